The van der Waals surface area contributed by atoms with E-state index in [1.54, 1.807) is 14.0 Å². The molecule has 1 aromatic carbocycles. The standard InChI is InChI=1S/C14H14N6O4/c1-14(9-3-5-10(6-4-9)20(23)24)12(21)19(13(22)17-14)7-11-15-8-16-18(11)2/h3-6,8H,7H2,1-2H3,(H,17,22). The first kappa shape index (κ1) is 15.6. The number of aromatic nitrogens is 3. The third kappa shape index (κ3) is 2.37. The number of amides is 3. The SMILES string of the molecule is Cn1ncnc1CN1C(=O)NC(C)(c2ccc([N+](=O)[O-])cc2)C1=O. The van der Waals surface area contributed by atoms with Gasteiger partial charge in [-0.3, -0.25) is 24.5 Å². The fourth-order valence-electron chi connectivity index (χ4n) is 2.56. The molecule has 0 saturated carbocycles. The lowest BCUT2D eigenvalue weighted by Gasteiger charge is -2.22. The zero-order chi connectivity index (χ0) is 17.5. The van der Waals surface area contributed by atoms with E-state index in [0.717, 1.165) is 4.90 Å². The Morgan fingerprint density at radius 1 is 1.29 bits per heavy atom. The first-order chi connectivity index (χ1) is 11.3. The third-order valence-corrected chi connectivity index (χ3v) is 4.04. The van der Waals surface area contributed by atoms with Crippen molar-refractivity contribution in [3.05, 3.63) is 52.1 Å². The summed E-state index contributed by atoms with van der Waals surface area (Å²) < 4.78 is 1.47. The second kappa shape index (κ2) is 5.41. The van der Waals surface area contributed by atoms with Gasteiger partial charge in [0, 0.05) is 19.2 Å². The number of nitrogens with one attached hydrogen (secondary N) is 1. The van der Waals surface area contributed by atoms with Gasteiger partial charge in [-0.25, -0.2) is 9.78 Å². The summed E-state index contributed by atoms with van der Waals surface area (Å²) in [7, 11) is 1.66. The average molecular weight is 330 g/mol. The average Bonchev–Trinajstić information content (AvgIpc) is 3.05. The van der Waals surface area contributed by atoms with E-state index < -0.39 is 22.4 Å². The molecular formula is C14H14N6O4. The minimum absolute atomic E-state index is 0.0102. The van der Waals surface area contributed by atoms with Crippen molar-refractivity contribution in [2.24, 2.45) is 7.05 Å². The molecule has 1 aliphatic rings. The number of urea groups is 1. The molecule has 0 bridgehead atoms. The van der Waals surface area contributed by atoms with Gasteiger partial charge in [0.2, 0.25) is 0 Å². The van der Waals surface area contributed by atoms with Crippen LogP contribution >= 0.6 is 0 Å². The molecule has 1 unspecified atom stereocenters. The molecule has 1 atom stereocenters. The number of nitro benzene ring substituents is 1. The van der Waals surface area contributed by atoms with E-state index in [-0.39, 0.29) is 12.2 Å². The topological polar surface area (TPSA) is 123 Å². The summed E-state index contributed by atoms with van der Waals surface area (Å²) in [5, 5.41) is 17.3. The Bertz CT molecular complexity index is 830. The first-order valence-corrected chi connectivity index (χ1v) is 7.05. The van der Waals surface area contributed by atoms with Crippen molar-refractivity contribution in [3.8, 4) is 0 Å². The molecule has 0 spiro atoms. The number of nitro groups is 1. The second-order valence-corrected chi connectivity index (χ2v) is 5.55. The smallest absolute Gasteiger partial charge is 0.319 e. The highest BCUT2D eigenvalue weighted by molar-refractivity contribution is 6.07. The van der Waals surface area contributed by atoms with Crippen LogP contribution in [-0.2, 0) is 23.9 Å². The lowest BCUT2D eigenvalue weighted by Crippen LogP contribution is -2.40. The van der Waals surface area contributed by atoms with E-state index in [1.807, 2.05) is 0 Å². The summed E-state index contributed by atoms with van der Waals surface area (Å²) in [6.45, 7) is 1.55. The molecule has 3 rings (SSSR count). The highest BCUT2D eigenvalue weighted by Crippen LogP contribution is 2.30. The third-order valence-electron chi connectivity index (χ3n) is 4.04. The summed E-state index contributed by atoms with van der Waals surface area (Å²) in [6.07, 6.45) is 1.34. The van der Waals surface area contributed by atoms with E-state index in [9.17, 15) is 19.7 Å². The van der Waals surface area contributed by atoms with E-state index in [0.29, 0.717) is 11.4 Å². The largest absolute Gasteiger partial charge is 0.325 e. The molecule has 3 amide bonds. The fourth-order valence-corrected chi connectivity index (χ4v) is 2.56. The van der Waals surface area contributed by atoms with Crippen molar-refractivity contribution in [1.82, 2.24) is 25.0 Å². The van der Waals surface area contributed by atoms with Crippen molar-refractivity contribution in [2.75, 3.05) is 0 Å². The minimum atomic E-state index is -1.29. The summed E-state index contributed by atoms with van der Waals surface area (Å²) in [6, 6.07) is 4.96. The van der Waals surface area contributed by atoms with Crippen LogP contribution in [0, 0.1) is 10.1 Å². The van der Waals surface area contributed by atoms with Gasteiger partial charge in [-0.15, -0.1) is 0 Å². The molecule has 0 aliphatic carbocycles. The van der Waals surface area contributed by atoms with Gasteiger partial charge in [-0.2, -0.15) is 5.10 Å². The Labute approximate surface area is 136 Å². The van der Waals surface area contributed by atoms with Gasteiger partial charge >= 0.3 is 6.03 Å². The fraction of sp³-hybridized carbons (Fsp3) is 0.286. The number of carbonyl (C=O) groups excluding carboxylic acids is 2. The van der Waals surface area contributed by atoms with Gasteiger partial charge in [0.05, 0.1) is 11.5 Å². The molecule has 10 nitrogen and oxygen atoms in total. The van der Waals surface area contributed by atoms with Gasteiger partial charge in [0.1, 0.15) is 17.7 Å². The molecule has 1 N–H and O–H groups in total. The van der Waals surface area contributed by atoms with Crippen molar-refractivity contribution in [3.63, 3.8) is 0 Å². The van der Waals surface area contributed by atoms with Crippen molar-refractivity contribution in [1.29, 1.82) is 0 Å². The number of imide groups is 1. The molecule has 1 aliphatic heterocycles. The Kier molecular flexibility index (Phi) is 3.51. The first-order valence-electron chi connectivity index (χ1n) is 7.05. The van der Waals surface area contributed by atoms with E-state index in [4.69, 9.17) is 0 Å². The van der Waals surface area contributed by atoms with Gasteiger partial charge in [-0.1, -0.05) is 0 Å². The van der Waals surface area contributed by atoms with Gasteiger partial charge < -0.3 is 5.32 Å². The van der Waals surface area contributed by atoms with Crippen LogP contribution in [0.1, 0.15) is 18.3 Å². The quantitative estimate of drug-likeness (QED) is 0.500. The van der Waals surface area contributed by atoms with Crippen LogP contribution in [0.2, 0.25) is 0 Å². The highest BCUT2D eigenvalue weighted by Gasteiger charge is 2.49. The predicted molar refractivity (Wildman–Crippen MR) is 80.5 cm³/mol. The molecule has 1 fully saturated rings. The molecule has 10 heteroatoms. The maximum absolute atomic E-state index is 12.7. The van der Waals surface area contributed by atoms with Crippen LogP contribution in [0.25, 0.3) is 0 Å². The number of hydrogen-bond acceptors (Lipinski definition) is 6. The van der Waals surface area contributed by atoms with Crippen molar-refractivity contribution < 1.29 is 14.5 Å². The van der Waals surface area contributed by atoms with Crippen LogP contribution in [0.5, 0.6) is 0 Å². The van der Waals surface area contributed by atoms with Gasteiger partial charge in [0.15, 0.2) is 0 Å². The number of rotatable bonds is 4. The molecule has 124 valence electrons. The molecule has 1 saturated heterocycles. The Morgan fingerprint density at radius 3 is 2.50 bits per heavy atom. The number of non-ortho nitro benzene ring substituents is 1. The highest BCUT2D eigenvalue weighted by atomic mass is 16.6. The Hall–Kier alpha value is -3.30. The summed E-state index contributed by atoms with van der Waals surface area (Å²) >= 11 is 0. The molecule has 24 heavy (non-hydrogen) atoms. The van der Waals surface area contributed by atoms with E-state index in [2.05, 4.69) is 15.4 Å². The van der Waals surface area contributed by atoms with E-state index >= 15 is 0 Å². The van der Waals surface area contributed by atoms with Gasteiger partial charge in [0.25, 0.3) is 11.6 Å². The van der Waals surface area contributed by atoms with Crippen LogP contribution < -0.4 is 5.32 Å². The summed E-state index contributed by atoms with van der Waals surface area (Å²) in [5.41, 5.74) is -0.910. The maximum atomic E-state index is 12.7. The number of benzene rings is 1. The maximum Gasteiger partial charge on any atom is 0.325 e. The number of hydrogen-bond donors (Lipinski definition) is 1. The molecule has 0 radical (unpaired) electrons. The normalized spacial score (nSPS) is 20.3. The van der Waals surface area contributed by atoms with Crippen LogP contribution in [-0.4, -0.2) is 36.5 Å². The summed E-state index contributed by atoms with van der Waals surface area (Å²) in [5.74, 6) is 0.0100. The number of nitrogens with zero attached hydrogens (tertiary/aromatic N) is 5. The van der Waals surface area contributed by atoms with Crippen LogP contribution in [0.3, 0.4) is 0 Å². The number of carbonyl (C=O) groups is 2. The second-order valence-electron chi connectivity index (χ2n) is 5.55. The zero-order valence-electron chi connectivity index (χ0n) is 13.0. The van der Waals surface area contributed by atoms with Crippen molar-refractivity contribution >= 4 is 17.6 Å². The number of aryl methyl sites for hydroxylation is 1. The lowest BCUT2D eigenvalue weighted by atomic mass is 9.92. The Morgan fingerprint density at radius 2 is 1.96 bits per heavy atom. The molecular weight excluding hydrogens is 316 g/mol. The monoisotopic (exact) mass is 330 g/mol. The van der Waals surface area contributed by atoms with Gasteiger partial charge in [-0.05, 0) is 24.6 Å². The van der Waals surface area contributed by atoms with E-state index in [1.165, 1.54) is 35.3 Å². The lowest BCUT2D eigenvalue weighted by molar-refractivity contribution is -0.384. The molecule has 2 aromatic rings. The Balaban J connectivity index is 1.89. The summed E-state index contributed by atoms with van der Waals surface area (Å²) in [4.78, 5) is 40.2. The van der Waals surface area contributed by atoms with Crippen LogP contribution in [0.4, 0.5) is 10.5 Å². The zero-order valence-corrected chi connectivity index (χ0v) is 13.0. The minimum Gasteiger partial charge on any atom is -0.319 e. The molecule has 1 aromatic heterocycles. The van der Waals surface area contributed by atoms with Crippen molar-refractivity contribution in [2.45, 2.75) is 19.0 Å². The van der Waals surface area contributed by atoms with Crippen LogP contribution in [0.15, 0.2) is 30.6 Å². The predicted octanol–water partition coefficient (Wildman–Crippen LogP) is 0.691. The molecule has 2 heterocycles.